The summed E-state index contributed by atoms with van der Waals surface area (Å²) in [5.41, 5.74) is 1.20. The third-order valence-electron chi connectivity index (χ3n) is 2.20. The zero-order chi connectivity index (χ0) is 12.2. The van der Waals surface area contributed by atoms with Crippen molar-refractivity contribution in [3.05, 3.63) is 29.8 Å². The quantitative estimate of drug-likeness (QED) is 0.772. The molecule has 1 aromatic carbocycles. The molecule has 88 valence electrons. The van der Waals surface area contributed by atoms with E-state index in [1.165, 1.54) is 0 Å². The van der Waals surface area contributed by atoms with E-state index >= 15 is 0 Å². The summed E-state index contributed by atoms with van der Waals surface area (Å²) in [5.74, 6) is 1.70. The second-order valence-electron chi connectivity index (χ2n) is 4.81. The highest BCUT2D eigenvalue weighted by Crippen LogP contribution is 2.27. The third kappa shape index (κ3) is 3.61. The summed E-state index contributed by atoms with van der Waals surface area (Å²) < 4.78 is 10.5. The van der Waals surface area contributed by atoms with Crippen LogP contribution in [0.15, 0.2) is 24.3 Å². The van der Waals surface area contributed by atoms with E-state index in [-0.39, 0.29) is 5.41 Å². The molecule has 0 N–H and O–H groups in total. The van der Waals surface area contributed by atoms with Crippen LogP contribution in [0.3, 0.4) is 0 Å². The van der Waals surface area contributed by atoms with Crippen molar-refractivity contribution in [3.8, 4) is 11.5 Å². The van der Waals surface area contributed by atoms with Gasteiger partial charge in [0.15, 0.2) is 0 Å². The van der Waals surface area contributed by atoms with Gasteiger partial charge in [-0.05, 0) is 23.6 Å². The Morgan fingerprint density at radius 1 is 1.06 bits per heavy atom. The predicted molar refractivity (Wildman–Crippen MR) is 68.0 cm³/mol. The number of benzene rings is 1. The fourth-order valence-electron chi connectivity index (χ4n) is 1.31. The molecule has 0 bridgehead atoms. The summed E-state index contributed by atoms with van der Waals surface area (Å²) in [6.07, 6.45) is 4.23. The minimum atomic E-state index is 0.161. The van der Waals surface area contributed by atoms with Gasteiger partial charge in [-0.15, -0.1) is 0 Å². The van der Waals surface area contributed by atoms with Gasteiger partial charge in [0.2, 0.25) is 0 Å². The smallest absolute Gasteiger partial charge is 0.126 e. The topological polar surface area (TPSA) is 18.5 Å². The maximum Gasteiger partial charge on any atom is 0.126 e. The number of ether oxygens (including phenoxy) is 2. The first kappa shape index (κ1) is 12.6. The third-order valence-corrected chi connectivity index (χ3v) is 2.20. The average molecular weight is 220 g/mol. The Morgan fingerprint density at radius 2 is 1.75 bits per heavy atom. The number of allylic oxidation sites excluding steroid dienone is 1. The van der Waals surface area contributed by atoms with E-state index in [1.54, 1.807) is 14.2 Å². The Morgan fingerprint density at radius 3 is 2.25 bits per heavy atom. The molecule has 0 aliphatic carbocycles. The molecule has 0 radical (unpaired) electrons. The zero-order valence-electron chi connectivity index (χ0n) is 10.7. The highest BCUT2D eigenvalue weighted by atomic mass is 16.5. The second-order valence-corrected chi connectivity index (χ2v) is 4.81. The summed E-state index contributed by atoms with van der Waals surface area (Å²) in [6.45, 7) is 6.49. The average Bonchev–Trinajstić information content (AvgIpc) is 2.25. The Bertz CT molecular complexity index is 373. The summed E-state index contributed by atoms with van der Waals surface area (Å²) in [5, 5.41) is 0. The van der Waals surface area contributed by atoms with Crippen LogP contribution in [0.1, 0.15) is 26.3 Å². The maximum absolute atomic E-state index is 5.30. The highest BCUT2D eigenvalue weighted by molar-refractivity contribution is 5.60. The standard InChI is InChI=1S/C14H20O2/c1-14(2,3)9-8-11-10-12(15-4)6-7-13(11)16-5/h6-10H,1-5H3/b9-8+. The summed E-state index contributed by atoms with van der Waals surface area (Å²) in [4.78, 5) is 0. The van der Waals surface area contributed by atoms with Crippen molar-refractivity contribution in [2.75, 3.05) is 14.2 Å². The van der Waals surface area contributed by atoms with Gasteiger partial charge in [-0.1, -0.05) is 32.9 Å². The highest BCUT2D eigenvalue weighted by Gasteiger charge is 2.06. The second kappa shape index (κ2) is 5.06. The molecule has 0 heterocycles. The van der Waals surface area contributed by atoms with Gasteiger partial charge in [0.25, 0.3) is 0 Å². The molecule has 0 spiro atoms. The van der Waals surface area contributed by atoms with Crippen LogP contribution in [0.25, 0.3) is 6.08 Å². The van der Waals surface area contributed by atoms with Crippen LogP contribution in [-0.2, 0) is 0 Å². The molecule has 2 heteroatoms. The van der Waals surface area contributed by atoms with Crippen molar-refractivity contribution in [3.63, 3.8) is 0 Å². The minimum Gasteiger partial charge on any atom is -0.497 e. The van der Waals surface area contributed by atoms with Gasteiger partial charge >= 0.3 is 0 Å². The zero-order valence-corrected chi connectivity index (χ0v) is 10.7. The molecule has 1 rings (SSSR count). The van der Waals surface area contributed by atoms with Gasteiger partial charge < -0.3 is 9.47 Å². The first-order valence-electron chi connectivity index (χ1n) is 5.37. The monoisotopic (exact) mass is 220 g/mol. The van der Waals surface area contributed by atoms with Crippen molar-refractivity contribution < 1.29 is 9.47 Å². The maximum atomic E-state index is 5.30. The largest absolute Gasteiger partial charge is 0.497 e. The SMILES string of the molecule is COc1ccc(OC)c(/C=C/C(C)(C)C)c1. The summed E-state index contributed by atoms with van der Waals surface area (Å²) >= 11 is 0. The van der Waals surface area contributed by atoms with Gasteiger partial charge in [-0.2, -0.15) is 0 Å². The fourth-order valence-corrected chi connectivity index (χ4v) is 1.31. The molecule has 2 nitrogen and oxygen atoms in total. The fraction of sp³-hybridized carbons (Fsp3) is 0.429. The lowest BCUT2D eigenvalue weighted by Crippen LogP contribution is -1.98. The molecule has 16 heavy (non-hydrogen) atoms. The predicted octanol–water partition coefficient (Wildman–Crippen LogP) is 3.76. The van der Waals surface area contributed by atoms with Gasteiger partial charge in [-0.25, -0.2) is 0 Å². The Hall–Kier alpha value is -1.44. The number of hydrogen-bond donors (Lipinski definition) is 0. The Labute approximate surface area is 97.9 Å². The van der Waals surface area contributed by atoms with Crippen LogP contribution < -0.4 is 9.47 Å². The molecule has 0 atom stereocenters. The summed E-state index contributed by atoms with van der Waals surface area (Å²) in [7, 11) is 3.34. The van der Waals surface area contributed by atoms with E-state index in [0.717, 1.165) is 17.1 Å². The number of hydrogen-bond acceptors (Lipinski definition) is 2. The van der Waals surface area contributed by atoms with Gasteiger partial charge in [0.05, 0.1) is 14.2 Å². The molecule has 0 aliphatic heterocycles. The van der Waals surface area contributed by atoms with Crippen LogP contribution in [0.2, 0.25) is 0 Å². The van der Waals surface area contributed by atoms with Crippen molar-refractivity contribution in [2.24, 2.45) is 5.41 Å². The van der Waals surface area contributed by atoms with Crippen molar-refractivity contribution in [1.29, 1.82) is 0 Å². The van der Waals surface area contributed by atoms with Crippen LogP contribution in [0, 0.1) is 5.41 Å². The van der Waals surface area contributed by atoms with E-state index in [0.29, 0.717) is 0 Å². The Kier molecular flexibility index (Phi) is 3.99. The van der Waals surface area contributed by atoms with Gasteiger partial charge in [0, 0.05) is 5.56 Å². The lowest BCUT2D eigenvalue weighted by molar-refractivity contribution is 0.402. The van der Waals surface area contributed by atoms with Crippen LogP contribution in [0.4, 0.5) is 0 Å². The molecule has 0 aliphatic rings. The molecule has 0 saturated carbocycles. The molecular formula is C14H20O2. The van der Waals surface area contributed by atoms with Crippen molar-refractivity contribution >= 4 is 6.08 Å². The van der Waals surface area contributed by atoms with Crippen molar-refractivity contribution in [1.82, 2.24) is 0 Å². The van der Waals surface area contributed by atoms with Crippen LogP contribution in [0.5, 0.6) is 11.5 Å². The molecule has 0 fully saturated rings. The lowest BCUT2D eigenvalue weighted by atomic mass is 9.95. The van der Waals surface area contributed by atoms with Crippen molar-refractivity contribution in [2.45, 2.75) is 20.8 Å². The molecule has 0 unspecified atom stereocenters. The number of rotatable bonds is 3. The first-order valence-corrected chi connectivity index (χ1v) is 5.37. The van der Waals surface area contributed by atoms with Gasteiger partial charge in [0.1, 0.15) is 11.5 Å². The molecule has 0 saturated heterocycles. The Balaban J connectivity index is 3.05. The van der Waals surface area contributed by atoms with E-state index < -0.39 is 0 Å². The minimum absolute atomic E-state index is 0.161. The first-order chi connectivity index (χ1) is 7.46. The molecule has 1 aromatic rings. The number of methoxy groups -OCH3 is 2. The van der Waals surface area contributed by atoms with E-state index in [2.05, 4.69) is 32.9 Å². The molecular weight excluding hydrogens is 200 g/mol. The van der Waals surface area contributed by atoms with Crippen LogP contribution in [-0.4, -0.2) is 14.2 Å². The normalized spacial score (nSPS) is 11.8. The summed E-state index contributed by atoms with van der Waals surface area (Å²) in [6, 6.07) is 5.79. The van der Waals surface area contributed by atoms with Crippen LogP contribution >= 0.6 is 0 Å². The lowest BCUT2D eigenvalue weighted by Gasteiger charge is -2.12. The van der Waals surface area contributed by atoms with Gasteiger partial charge in [-0.3, -0.25) is 0 Å². The molecule has 0 amide bonds. The van der Waals surface area contributed by atoms with E-state index in [4.69, 9.17) is 9.47 Å². The molecule has 0 aromatic heterocycles. The van der Waals surface area contributed by atoms with E-state index in [1.807, 2.05) is 18.2 Å². The van der Waals surface area contributed by atoms with E-state index in [9.17, 15) is 0 Å².